The summed E-state index contributed by atoms with van der Waals surface area (Å²) in [6.45, 7) is 8.30. The molecule has 0 saturated carbocycles. The van der Waals surface area contributed by atoms with Crippen molar-refractivity contribution < 1.29 is 4.79 Å². The van der Waals surface area contributed by atoms with Crippen LogP contribution in [0.5, 0.6) is 0 Å². The smallest absolute Gasteiger partial charge is 0.246 e. The first kappa shape index (κ1) is 11.3. The van der Waals surface area contributed by atoms with Crippen molar-refractivity contribution >= 4 is 5.91 Å². The van der Waals surface area contributed by atoms with Crippen LogP contribution in [0, 0.1) is 5.41 Å². The second kappa shape index (κ2) is 4.63. The van der Waals surface area contributed by atoms with E-state index in [1.54, 1.807) is 6.08 Å². The van der Waals surface area contributed by atoms with Gasteiger partial charge in [0.2, 0.25) is 5.91 Å². The molecule has 1 aliphatic rings. The molecule has 0 radical (unpaired) electrons. The van der Waals surface area contributed by atoms with E-state index in [2.05, 4.69) is 13.8 Å². The molecule has 2 heteroatoms. The first-order valence-corrected chi connectivity index (χ1v) is 5.47. The number of rotatable bonds is 1. The van der Waals surface area contributed by atoms with E-state index in [9.17, 15) is 4.79 Å². The van der Waals surface area contributed by atoms with Crippen molar-refractivity contribution in [2.75, 3.05) is 13.1 Å². The minimum Gasteiger partial charge on any atom is -0.339 e. The number of allylic oxidation sites excluding steroid dienone is 1. The Morgan fingerprint density at radius 2 is 2.00 bits per heavy atom. The lowest BCUT2D eigenvalue weighted by Crippen LogP contribution is -2.30. The highest BCUT2D eigenvalue weighted by atomic mass is 16.2. The average Bonchev–Trinajstić information content (AvgIpc) is 2.27. The first-order chi connectivity index (χ1) is 6.55. The average molecular weight is 195 g/mol. The highest BCUT2D eigenvalue weighted by Crippen LogP contribution is 2.29. The lowest BCUT2D eigenvalue weighted by Gasteiger charge is -2.22. The van der Waals surface area contributed by atoms with Crippen LogP contribution in [0.2, 0.25) is 0 Å². The molecule has 0 atom stereocenters. The van der Waals surface area contributed by atoms with Gasteiger partial charge in [0.1, 0.15) is 0 Å². The summed E-state index contributed by atoms with van der Waals surface area (Å²) >= 11 is 0. The van der Waals surface area contributed by atoms with Crippen molar-refractivity contribution in [2.45, 2.75) is 40.0 Å². The number of carbonyl (C=O) groups excluding carboxylic acids is 1. The van der Waals surface area contributed by atoms with Gasteiger partial charge in [-0.1, -0.05) is 19.9 Å². The Morgan fingerprint density at radius 1 is 1.29 bits per heavy atom. The normalized spacial score (nSPS) is 22.4. The van der Waals surface area contributed by atoms with Crippen molar-refractivity contribution in [1.82, 2.24) is 4.90 Å². The molecule has 0 unspecified atom stereocenters. The first-order valence-electron chi connectivity index (χ1n) is 5.47. The fourth-order valence-corrected chi connectivity index (χ4v) is 1.89. The standard InChI is InChI=1S/C12H21NO/c1-4-6-11(14)13-9-5-7-12(2,3)8-10-13/h4,6H,5,7-10H2,1-3H3/b6-4+. The van der Waals surface area contributed by atoms with Crippen LogP contribution in [0.3, 0.4) is 0 Å². The van der Waals surface area contributed by atoms with E-state index in [-0.39, 0.29) is 5.91 Å². The second-order valence-electron chi connectivity index (χ2n) is 4.84. The number of likely N-dealkylation sites (tertiary alicyclic amines) is 1. The molecule has 0 aliphatic carbocycles. The molecule has 0 aromatic rings. The lowest BCUT2D eigenvalue weighted by molar-refractivity contribution is -0.126. The van der Waals surface area contributed by atoms with Gasteiger partial charge in [-0.15, -0.1) is 0 Å². The third-order valence-electron chi connectivity index (χ3n) is 2.96. The van der Waals surface area contributed by atoms with Crippen LogP contribution < -0.4 is 0 Å². The van der Waals surface area contributed by atoms with Gasteiger partial charge in [-0.2, -0.15) is 0 Å². The zero-order valence-corrected chi connectivity index (χ0v) is 9.55. The summed E-state index contributed by atoms with van der Waals surface area (Å²) in [6, 6.07) is 0. The monoisotopic (exact) mass is 195 g/mol. The number of carbonyl (C=O) groups is 1. The molecule has 0 spiro atoms. The summed E-state index contributed by atoms with van der Waals surface area (Å²) in [4.78, 5) is 13.6. The third kappa shape index (κ3) is 3.17. The predicted molar refractivity (Wildman–Crippen MR) is 59.0 cm³/mol. The Balaban J connectivity index is 2.54. The maximum absolute atomic E-state index is 11.6. The van der Waals surface area contributed by atoms with Gasteiger partial charge in [-0.3, -0.25) is 4.79 Å². The van der Waals surface area contributed by atoms with E-state index in [4.69, 9.17) is 0 Å². The van der Waals surface area contributed by atoms with E-state index in [0.717, 1.165) is 25.9 Å². The Morgan fingerprint density at radius 3 is 2.64 bits per heavy atom. The maximum Gasteiger partial charge on any atom is 0.246 e. The summed E-state index contributed by atoms with van der Waals surface area (Å²) in [6.07, 6.45) is 6.97. The topological polar surface area (TPSA) is 20.3 Å². The van der Waals surface area contributed by atoms with Gasteiger partial charge in [0, 0.05) is 13.1 Å². The van der Waals surface area contributed by atoms with Crippen LogP contribution in [0.1, 0.15) is 40.0 Å². The molecule has 0 N–H and O–H groups in total. The van der Waals surface area contributed by atoms with Crippen molar-refractivity contribution in [3.63, 3.8) is 0 Å². The molecule has 1 saturated heterocycles. The summed E-state index contributed by atoms with van der Waals surface area (Å²) in [5, 5.41) is 0. The van der Waals surface area contributed by atoms with Gasteiger partial charge in [-0.25, -0.2) is 0 Å². The SMILES string of the molecule is C/C=C/C(=O)N1CCCC(C)(C)CC1. The van der Waals surface area contributed by atoms with Gasteiger partial charge in [-0.05, 0) is 37.7 Å². The summed E-state index contributed by atoms with van der Waals surface area (Å²) < 4.78 is 0. The van der Waals surface area contributed by atoms with Gasteiger partial charge in [0.05, 0.1) is 0 Å². The van der Waals surface area contributed by atoms with Crippen LogP contribution >= 0.6 is 0 Å². The van der Waals surface area contributed by atoms with E-state index >= 15 is 0 Å². The minimum atomic E-state index is 0.171. The van der Waals surface area contributed by atoms with Crippen molar-refractivity contribution in [3.05, 3.63) is 12.2 Å². The van der Waals surface area contributed by atoms with Gasteiger partial charge < -0.3 is 4.90 Å². The van der Waals surface area contributed by atoms with Crippen molar-refractivity contribution in [3.8, 4) is 0 Å². The Labute approximate surface area is 87.0 Å². The number of hydrogen-bond donors (Lipinski definition) is 0. The highest BCUT2D eigenvalue weighted by molar-refractivity contribution is 5.87. The Kier molecular flexibility index (Phi) is 3.73. The number of nitrogens with zero attached hydrogens (tertiary/aromatic N) is 1. The zero-order chi connectivity index (χ0) is 10.6. The summed E-state index contributed by atoms with van der Waals surface area (Å²) in [5.74, 6) is 0.171. The van der Waals surface area contributed by atoms with E-state index < -0.39 is 0 Å². The molecule has 1 fully saturated rings. The van der Waals surface area contributed by atoms with Crippen LogP contribution in [-0.4, -0.2) is 23.9 Å². The molecule has 1 amide bonds. The molecule has 1 heterocycles. The fourth-order valence-electron chi connectivity index (χ4n) is 1.89. The molecule has 14 heavy (non-hydrogen) atoms. The summed E-state index contributed by atoms with van der Waals surface area (Å²) in [7, 11) is 0. The molecule has 0 bridgehead atoms. The van der Waals surface area contributed by atoms with E-state index in [1.165, 1.54) is 6.42 Å². The molecular weight excluding hydrogens is 174 g/mol. The lowest BCUT2D eigenvalue weighted by atomic mass is 9.85. The van der Waals surface area contributed by atoms with Gasteiger partial charge >= 0.3 is 0 Å². The van der Waals surface area contributed by atoms with Crippen LogP contribution in [0.15, 0.2) is 12.2 Å². The molecule has 2 nitrogen and oxygen atoms in total. The maximum atomic E-state index is 11.6. The van der Waals surface area contributed by atoms with Crippen LogP contribution in [-0.2, 0) is 4.79 Å². The molecule has 0 aromatic heterocycles. The number of hydrogen-bond acceptors (Lipinski definition) is 1. The Hall–Kier alpha value is -0.790. The molecule has 1 aliphatic heterocycles. The Bertz CT molecular complexity index is 230. The zero-order valence-electron chi connectivity index (χ0n) is 9.55. The predicted octanol–water partition coefficient (Wildman–Crippen LogP) is 2.60. The van der Waals surface area contributed by atoms with Crippen LogP contribution in [0.25, 0.3) is 0 Å². The van der Waals surface area contributed by atoms with Crippen molar-refractivity contribution in [2.24, 2.45) is 5.41 Å². The van der Waals surface area contributed by atoms with E-state index in [1.807, 2.05) is 17.9 Å². The number of amides is 1. The quantitative estimate of drug-likeness (QED) is 0.589. The van der Waals surface area contributed by atoms with E-state index in [0.29, 0.717) is 5.41 Å². The van der Waals surface area contributed by atoms with Gasteiger partial charge in [0.15, 0.2) is 0 Å². The van der Waals surface area contributed by atoms with Gasteiger partial charge in [0.25, 0.3) is 0 Å². The highest BCUT2D eigenvalue weighted by Gasteiger charge is 2.24. The molecular formula is C12H21NO. The largest absolute Gasteiger partial charge is 0.339 e. The molecule has 1 rings (SSSR count). The minimum absolute atomic E-state index is 0.171. The second-order valence-corrected chi connectivity index (χ2v) is 4.84. The van der Waals surface area contributed by atoms with Crippen molar-refractivity contribution in [1.29, 1.82) is 0 Å². The molecule has 0 aromatic carbocycles. The molecule has 80 valence electrons. The fraction of sp³-hybridized carbons (Fsp3) is 0.750. The summed E-state index contributed by atoms with van der Waals surface area (Å²) in [5.41, 5.74) is 0.408. The third-order valence-corrected chi connectivity index (χ3v) is 2.96. The van der Waals surface area contributed by atoms with Crippen LogP contribution in [0.4, 0.5) is 0 Å².